The van der Waals surface area contributed by atoms with Gasteiger partial charge in [0.25, 0.3) is 0 Å². The molecule has 1 aliphatic carbocycles. The molecule has 0 aromatic carbocycles. The second-order valence-corrected chi connectivity index (χ2v) is 5.97. The van der Waals surface area contributed by atoms with Gasteiger partial charge < -0.3 is 10.6 Å². The Morgan fingerprint density at radius 2 is 1.90 bits per heavy atom. The molecule has 4 nitrogen and oxygen atoms in total. The summed E-state index contributed by atoms with van der Waals surface area (Å²) in [5, 5.41) is 6.77. The molecule has 1 aliphatic rings. The van der Waals surface area contributed by atoms with Crippen molar-refractivity contribution in [3.8, 4) is 0 Å². The van der Waals surface area contributed by atoms with Crippen LogP contribution in [0.2, 0.25) is 0 Å². The summed E-state index contributed by atoms with van der Waals surface area (Å²) < 4.78 is 0. The molecule has 1 heterocycles. The number of nitrogens with one attached hydrogen (secondary N) is 2. The molecule has 0 bridgehead atoms. The smallest absolute Gasteiger partial charge is 0.136 e. The van der Waals surface area contributed by atoms with Crippen LogP contribution < -0.4 is 10.6 Å². The third kappa shape index (κ3) is 3.84. The summed E-state index contributed by atoms with van der Waals surface area (Å²) in [6.45, 7) is 6.57. The Hall–Kier alpha value is -1.32. The highest BCUT2D eigenvalue weighted by atomic mass is 15.1. The number of hydrogen-bond acceptors (Lipinski definition) is 4. The van der Waals surface area contributed by atoms with Crippen LogP contribution in [-0.2, 0) is 0 Å². The summed E-state index contributed by atoms with van der Waals surface area (Å²) in [6.07, 6.45) is 7.53. The molecular formula is C16H28N4. The number of hydrogen-bond donors (Lipinski definition) is 2. The zero-order valence-electron chi connectivity index (χ0n) is 13.3. The largest absolute Gasteiger partial charge is 0.373 e. The lowest BCUT2D eigenvalue weighted by Crippen LogP contribution is -2.18. The van der Waals surface area contributed by atoms with E-state index in [0.717, 1.165) is 23.0 Å². The van der Waals surface area contributed by atoms with Crippen molar-refractivity contribution >= 4 is 11.6 Å². The van der Waals surface area contributed by atoms with Crippen molar-refractivity contribution in [2.24, 2.45) is 0 Å². The highest BCUT2D eigenvalue weighted by molar-refractivity contribution is 5.57. The molecule has 1 unspecified atom stereocenters. The fraction of sp³-hybridized carbons (Fsp3) is 0.750. The van der Waals surface area contributed by atoms with Crippen molar-refractivity contribution in [2.45, 2.75) is 71.3 Å². The van der Waals surface area contributed by atoms with Crippen LogP contribution in [0.3, 0.4) is 0 Å². The van der Waals surface area contributed by atoms with Crippen molar-refractivity contribution in [2.75, 3.05) is 17.7 Å². The third-order valence-corrected chi connectivity index (χ3v) is 3.97. The van der Waals surface area contributed by atoms with E-state index in [2.05, 4.69) is 36.4 Å². The van der Waals surface area contributed by atoms with E-state index in [1.54, 1.807) is 0 Å². The average molecular weight is 276 g/mol. The van der Waals surface area contributed by atoms with Crippen LogP contribution >= 0.6 is 0 Å². The molecule has 1 aromatic heterocycles. The maximum Gasteiger partial charge on any atom is 0.136 e. The first kappa shape index (κ1) is 15.1. The van der Waals surface area contributed by atoms with Gasteiger partial charge in [0, 0.05) is 24.6 Å². The van der Waals surface area contributed by atoms with Crippen molar-refractivity contribution in [3.05, 3.63) is 11.4 Å². The standard InChI is InChI=1S/C16H28N4/c1-5-6-7-8-11(2)18-15-12(3)14(17-4)19-16(20-15)13-9-10-13/h11,13H,5-10H2,1-4H3,(H2,17,18,19,20). The number of rotatable bonds is 8. The molecule has 2 N–H and O–H groups in total. The predicted octanol–water partition coefficient (Wildman–Crippen LogP) is 4.08. The van der Waals surface area contributed by atoms with Gasteiger partial charge in [-0.2, -0.15) is 0 Å². The quantitative estimate of drug-likeness (QED) is 0.702. The summed E-state index contributed by atoms with van der Waals surface area (Å²) in [5.74, 6) is 3.56. The molecule has 0 spiro atoms. The van der Waals surface area contributed by atoms with Crippen LogP contribution in [0.4, 0.5) is 11.6 Å². The molecule has 4 heteroatoms. The Kier molecular flexibility index (Phi) is 5.21. The van der Waals surface area contributed by atoms with Gasteiger partial charge in [-0.1, -0.05) is 26.2 Å². The van der Waals surface area contributed by atoms with E-state index in [1.165, 1.54) is 38.5 Å². The van der Waals surface area contributed by atoms with Crippen molar-refractivity contribution < 1.29 is 0 Å². The van der Waals surface area contributed by atoms with E-state index >= 15 is 0 Å². The van der Waals surface area contributed by atoms with Gasteiger partial charge in [0.1, 0.15) is 17.5 Å². The van der Waals surface area contributed by atoms with Gasteiger partial charge in [0.15, 0.2) is 0 Å². The number of aromatic nitrogens is 2. The van der Waals surface area contributed by atoms with Crippen molar-refractivity contribution in [1.82, 2.24) is 9.97 Å². The van der Waals surface area contributed by atoms with E-state index in [4.69, 9.17) is 4.98 Å². The molecule has 0 saturated heterocycles. The molecular weight excluding hydrogens is 248 g/mol. The first-order chi connectivity index (χ1) is 9.65. The summed E-state index contributed by atoms with van der Waals surface area (Å²) in [7, 11) is 1.93. The molecule has 1 saturated carbocycles. The monoisotopic (exact) mass is 276 g/mol. The van der Waals surface area contributed by atoms with Crippen LogP contribution in [0.25, 0.3) is 0 Å². The van der Waals surface area contributed by atoms with Crippen LogP contribution in [-0.4, -0.2) is 23.1 Å². The molecule has 2 rings (SSSR count). The summed E-state index contributed by atoms with van der Waals surface area (Å²) in [5.41, 5.74) is 1.12. The van der Waals surface area contributed by atoms with Crippen molar-refractivity contribution in [3.63, 3.8) is 0 Å². The van der Waals surface area contributed by atoms with E-state index in [9.17, 15) is 0 Å². The van der Waals surface area contributed by atoms with Gasteiger partial charge in [0.05, 0.1) is 0 Å². The Labute approximate surface area is 122 Å². The van der Waals surface area contributed by atoms with Gasteiger partial charge in [-0.25, -0.2) is 9.97 Å². The Balaban J connectivity index is 2.07. The number of unbranched alkanes of at least 4 members (excludes halogenated alkanes) is 2. The molecule has 0 aliphatic heterocycles. The van der Waals surface area contributed by atoms with Gasteiger partial charge in [-0.05, 0) is 33.1 Å². The molecule has 1 fully saturated rings. The van der Waals surface area contributed by atoms with E-state index in [1.807, 2.05) is 7.05 Å². The van der Waals surface area contributed by atoms with Crippen LogP contribution in [0.5, 0.6) is 0 Å². The lowest BCUT2D eigenvalue weighted by atomic mass is 10.1. The Bertz CT molecular complexity index is 440. The average Bonchev–Trinajstić information content (AvgIpc) is 3.26. The zero-order valence-corrected chi connectivity index (χ0v) is 13.3. The predicted molar refractivity (Wildman–Crippen MR) is 85.5 cm³/mol. The number of nitrogens with zero attached hydrogens (tertiary/aromatic N) is 2. The fourth-order valence-electron chi connectivity index (χ4n) is 2.45. The van der Waals surface area contributed by atoms with Gasteiger partial charge in [0.2, 0.25) is 0 Å². The fourth-order valence-corrected chi connectivity index (χ4v) is 2.45. The molecule has 0 radical (unpaired) electrons. The Morgan fingerprint density at radius 3 is 2.50 bits per heavy atom. The second kappa shape index (κ2) is 6.91. The molecule has 0 amide bonds. The van der Waals surface area contributed by atoms with E-state index in [0.29, 0.717) is 12.0 Å². The minimum atomic E-state index is 0.465. The first-order valence-corrected chi connectivity index (χ1v) is 7.98. The first-order valence-electron chi connectivity index (χ1n) is 7.98. The highest BCUT2D eigenvalue weighted by Gasteiger charge is 2.28. The summed E-state index contributed by atoms with van der Waals surface area (Å²) >= 11 is 0. The molecule has 1 atom stereocenters. The third-order valence-electron chi connectivity index (χ3n) is 3.97. The minimum absolute atomic E-state index is 0.465. The minimum Gasteiger partial charge on any atom is -0.373 e. The lowest BCUT2D eigenvalue weighted by molar-refractivity contribution is 0.613. The van der Waals surface area contributed by atoms with Crippen LogP contribution in [0, 0.1) is 6.92 Å². The molecule has 112 valence electrons. The summed E-state index contributed by atoms with van der Waals surface area (Å²) in [4.78, 5) is 9.38. The van der Waals surface area contributed by atoms with Crippen LogP contribution in [0.1, 0.15) is 69.7 Å². The topological polar surface area (TPSA) is 49.8 Å². The van der Waals surface area contributed by atoms with Gasteiger partial charge in [-0.15, -0.1) is 0 Å². The zero-order chi connectivity index (χ0) is 14.5. The maximum absolute atomic E-state index is 4.75. The van der Waals surface area contributed by atoms with E-state index < -0.39 is 0 Å². The Morgan fingerprint density at radius 1 is 1.20 bits per heavy atom. The van der Waals surface area contributed by atoms with Gasteiger partial charge >= 0.3 is 0 Å². The van der Waals surface area contributed by atoms with E-state index in [-0.39, 0.29) is 0 Å². The SMILES string of the molecule is CCCCCC(C)Nc1nc(C2CC2)nc(NC)c1C. The maximum atomic E-state index is 4.75. The second-order valence-electron chi connectivity index (χ2n) is 5.97. The molecule has 20 heavy (non-hydrogen) atoms. The van der Waals surface area contributed by atoms with Crippen molar-refractivity contribution in [1.29, 1.82) is 0 Å². The number of anilines is 2. The summed E-state index contributed by atoms with van der Waals surface area (Å²) in [6, 6.07) is 0.465. The highest BCUT2D eigenvalue weighted by Crippen LogP contribution is 2.39. The lowest BCUT2D eigenvalue weighted by Gasteiger charge is -2.18. The van der Waals surface area contributed by atoms with Gasteiger partial charge in [-0.3, -0.25) is 0 Å². The van der Waals surface area contributed by atoms with Crippen LogP contribution in [0.15, 0.2) is 0 Å². The molecule has 1 aromatic rings. The normalized spacial score (nSPS) is 16.0.